The molecule has 1 amide bonds. The molecule has 4 aromatic rings. The third-order valence-corrected chi connectivity index (χ3v) is 4.56. The number of aryl methyl sites for hydroxylation is 1. The van der Waals surface area contributed by atoms with E-state index in [1.165, 1.54) is 17.7 Å². The van der Waals surface area contributed by atoms with Crippen molar-refractivity contribution in [2.24, 2.45) is 0 Å². The van der Waals surface area contributed by atoms with Crippen LogP contribution in [0.15, 0.2) is 71.3 Å². The maximum atomic E-state index is 13.3. The van der Waals surface area contributed by atoms with Gasteiger partial charge in [0.15, 0.2) is 5.58 Å². The Morgan fingerprint density at radius 3 is 2.67 bits per heavy atom. The van der Waals surface area contributed by atoms with Crippen molar-refractivity contribution in [3.8, 4) is 0 Å². The van der Waals surface area contributed by atoms with Gasteiger partial charge in [-0.3, -0.25) is 4.79 Å². The fourth-order valence-electron chi connectivity index (χ4n) is 3.13. The lowest BCUT2D eigenvalue weighted by atomic mass is 10.1. The zero-order chi connectivity index (χ0) is 18.8. The van der Waals surface area contributed by atoms with Crippen LogP contribution in [0, 0.1) is 12.7 Å². The molecular formula is C22H19FN2O2. The highest BCUT2D eigenvalue weighted by Crippen LogP contribution is 2.23. The van der Waals surface area contributed by atoms with Gasteiger partial charge in [0.05, 0.1) is 11.8 Å². The lowest BCUT2D eigenvalue weighted by molar-refractivity contribution is 0.0942. The first-order valence-electron chi connectivity index (χ1n) is 8.75. The Kier molecular flexibility index (Phi) is 4.50. The summed E-state index contributed by atoms with van der Waals surface area (Å²) < 4.78 is 20.7. The van der Waals surface area contributed by atoms with E-state index in [1.54, 1.807) is 24.5 Å². The van der Waals surface area contributed by atoms with Crippen LogP contribution in [0.5, 0.6) is 0 Å². The molecule has 0 saturated heterocycles. The summed E-state index contributed by atoms with van der Waals surface area (Å²) in [5.41, 5.74) is 5.04. The molecule has 0 bridgehead atoms. The standard InChI is InChI=1S/C22H19FN2O2/c1-15-5-7-16(8-6-15)14-25-19-9-10-27-21(19)12-20(25)22(26)24-13-17-3-2-4-18(23)11-17/h2-12H,13-14H2,1H3,(H,24,26). The lowest BCUT2D eigenvalue weighted by Crippen LogP contribution is -2.25. The zero-order valence-corrected chi connectivity index (χ0v) is 14.9. The molecule has 0 unspecified atom stereocenters. The van der Waals surface area contributed by atoms with E-state index in [-0.39, 0.29) is 18.3 Å². The van der Waals surface area contributed by atoms with E-state index < -0.39 is 0 Å². The Bertz CT molecular complexity index is 1090. The number of hydrogen-bond acceptors (Lipinski definition) is 2. The smallest absolute Gasteiger partial charge is 0.268 e. The summed E-state index contributed by atoms with van der Waals surface area (Å²) >= 11 is 0. The fraction of sp³-hybridized carbons (Fsp3) is 0.136. The number of fused-ring (bicyclic) bond motifs is 1. The fourth-order valence-corrected chi connectivity index (χ4v) is 3.13. The number of rotatable bonds is 5. The van der Waals surface area contributed by atoms with Crippen LogP contribution in [-0.2, 0) is 13.1 Å². The Hall–Kier alpha value is -3.34. The predicted octanol–water partition coefficient (Wildman–Crippen LogP) is 4.66. The van der Waals surface area contributed by atoms with E-state index >= 15 is 0 Å². The summed E-state index contributed by atoms with van der Waals surface area (Å²) in [4.78, 5) is 12.8. The molecule has 136 valence electrons. The topological polar surface area (TPSA) is 47.2 Å². The third kappa shape index (κ3) is 3.62. The van der Waals surface area contributed by atoms with Gasteiger partial charge in [0.1, 0.15) is 11.5 Å². The Morgan fingerprint density at radius 1 is 1.07 bits per heavy atom. The first-order valence-corrected chi connectivity index (χ1v) is 8.75. The number of carbonyl (C=O) groups is 1. The molecule has 0 fully saturated rings. The Labute approximate surface area is 156 Å². The van der Waals surface area contributed by atoms with E-state index in [2.05, 4.69) is 29.6 Å². The average Bonchev–Trinajstić information content (AvgIpc) is 3.24. The van der Waals surface area contributed by atoms with Crippen molar-refractivity contribution in [1.82, 2.24) is 9.88 Å². The largest absolute Gasteiger partial charge is 0.463 e. The molecule has 0 atom stereocenters. The first-order chi connectivity index (χ1) is 13.1. The summed E-state index contributed by atoms with van der Waals surface area (Å²) in [6.45, 7) is 2.86. The lowest BCUT2D eigenvalue weighted by Gasteiger charge is -2.11. The monoisotopic (exact) mass is 362 g/mol. The molecular weight excluding hydrogens is 343 g/mol. The molecule has 2 aromatic carbocycles. The van der Waals surface area contributed by atoms with Gasteiger partial charge in [0.25, 0.3) is 5.91 Å². The normalized spacial score (nSPS) is 11.0. The summed E-state index contributed by atoms with van der Waals surface area (Å²) in [7, 11) is 0. The second kappa shape index (κ2) is 7.11. The Balaban J connectivity index is 1.59. The van der Waals surface area contributed by atoms with E-state index in [1.807, 2.05) is 17.6 Å². The van der Waals surface area contributed by atoms with Crippen LogP contribution < -0.4 is 5.32 Å². The predicted molar refractivity (Wildman–Crippen MR) is 102 cm³/mol. The molecule has 0 saturated carbocycles. The van der Waals surface area contributed by atoms with Gasteiger partial charge >= 0.3 is 0 Å². The Morgan fingerprint density at radius 2 is 1.89 bits per heavy atom. The number of furan rings is 1. The van der Waals surface area contributed by atoms with E-state index in [9.17, 15) is 9.18 Å². The average molecular weight is 362 g/mol. The van der Waals surface area contributed by atoms with Crippen LogP contribution >= 0.6 is 0 Å². The van der Waals surface area contributed by atoms with Gasteiger partial charge in [0.2, 0.25) is 0 Å². The van der Waals surface area contributed by atoms with Gasteiger partial charge in [0, 0.05) is 25.2 Å². The second-order valence-corrected chi connectivity index (χ2v) is 6.58. The number of amides is 1. The van der Waals surface area contributed by atoms with Crippen LogP contribution in [0.3, 0.4) is 0 Å². The molecule has 0 aliphatic heterocycles. The quantitative estimate of drug-likeness (QED) is 0.561. The van der Waals surface area contributed by atoms with E-state index in [4.69, 9.17) is 4.42 Å². The van der Waals surface area contributed by atoms with E-state index in [0.29, 0.717) is 23.4 Å². The van der Waals surface area contributed by atoms with Gasteiger partial charge in [-0.25, -0.2) is 4.39 Å². The van der Waals surface area contributed by atoms with Crippen molar-refractivity contribution >= 4 is 17.0 Å². The van der Waals surface area contributed by atoms with E-state index in [0.717, 1.165) is 11.1 Å². The highest BCUT2D eigenvalue weighted by atomic mass is 19.1. The molecule has 0 aliphatic carbocycles. The van der Waals surface area contributed by atoms with Crippen molar-refractivity contribution in [2.75, 3.05) is 0 Å². The maximum Gasteiger partial charge on any atom is 0.268 e. The number of halogens is 1. The summed E-state index contributed by atoms with van der Waals surface area (Å²) in [6.07, 6.45) is 1.62. The number of hydrogen-bond donors (Lipinski definition) is 1. The van der Waals surface area contributed by atoms with Crippen molar-refractivity contribution in [2.45, 2.75) is 20.0 Å². The van der Waals surface area contributed by atoms with Crippen molar-refractivity contribution in [1.29, 1.82) is 0 Å². The van der Waals surface area contributed by atoms with Gasteiger partial charge in [-0.2, -0.15) is 0 Å². The van der Waals surface area contributed by atoms with Gasteiger partial charge < -0.3 is 14.3 Å². The molecule has 4 rings (SSSR count). The highest BCUT2D eigenvalue weighted by Gasteiger charge is 2.17. The molecule has 4 nitrogen and oxygen atoms in total. The second-order valence-electron chi connectivity index (χ2n) is 6.58. The van der Waals surface area contributed by atoms with Crippen molar-refractivity contribution < 1.29 is 13.6 Å². The maximum absolute atomic E-state index is 13.3. The molecule has 5 heteroatoms. The summed E-state index contributed by atoms with van der Waals surface area (Å²) in [5.74, 6) is -0.542. The number of nitrogens with zero attached hydrogens (tertiary/aromatic N) is 1. The molecule has 1 N–H and O–H groups in total. The van der Waals surface area contributed by atoms with Crippen molar-refractivity contribution in [3.63, 3.8) is 0 Å². The zero-order valence-electron chi connectivity index (χ0n) is 14.9. The molecule has 0 radical (unpaired) electrons. The molecule has 27 heavy (non-hydrogen) atoms. The number of aromatic nitrogens is 1. The van der Waals surface area contributed by atoms with Crippen LogP contribution in [0.25, 0.3) is 11.1 Å². The van der Waals surface area contributed by atoms with Crippen molar-refractivity contribution in [3.05, 3.63) is 95.1 Å². The molecule has 0 aliphatic rings. The number of nitrogens with one attached hydrogen (secondary N) is 1. The SMILES string of the molecule is Cc1ccc(Cn2c(C(=O)NCc3cccc(F)c3)cc3occc32)cc1. The van der Waals surface area contributed by atoms with Gasteiger partial charge in [-0.15, -0.1) is 0 Å². The first kappa shape index (κ1) is 17.1. The summed E-state index contributed by atoms with van der Waals surface area (Å²) in [5, 5.41) is 2.86. The highest BCUT2D eigenvalue weighted by molar-refractivity contribution is 5.97. The van der Waals surface area contributed by atoms with Crippen LogP contribution in [0.1, 0.15) is 27.2 Å². The third-order valence-electron chi connectivity index (χ3n) is 4.56. The minimum absolute atomic E-state index is 0.224. The van der Waals surface area contributed by atoms with Gasteiger partial charge in [-0.1, -0.05) is 42.0 Å². The molecule has 0 spiro atoms. The van der Waals surface area contributed by atoms with Crippen LogP contribution in [-0.4, -0.2) is 10.5 Å². The van der Waals surface area contributed by atoms with Crippen LogP contribution in [0.4, 0.5) is 4.39 Å². The van der Waals surface area contributed by atoms with Gasteiger partial charge in [-0.05, 0) is 30.2 Å². The number of carbonyl (C=O) groups excluding carboxylic acids is 1. The summed E-state index contributed by atoms with van der Waals surface area (Å²) in [6, 6.07) is 18.0. The number of benzene rings is 2. The molecule has 2 aromatic heterocycles. The molecule has 2 heterocycles. The minimum Gasteiger partial charge on any atom is -0.463 e. The minimum atomic E-state index is -0.318. The van der Waals surface area contributed by atoms with Crippen LogP contribution in [0.2, 0.25) is 0 Å².